The Bertz CT molecular complexity index is 840. The monoisotopic (exact) mass is 438 g/mol. The van der Waals surface area contributed by atoms with Crippen molar-refractivity contribution in [3.63, 3.8) is 0 Å². The number of halogens is 6. The maximum atomic E-state index is 12.2. The zero-order chi connectivity index (χ0) is 22.4. The maximum absolute atomic E-state index is 12.2. The number of rotatable bonds is 8. The fourth-order valence-corrected chi connectivity index (χ4v) is 2.17. The number of alkyl halides is 6. The van der Waals surface area contributed by atoms with E-state index < -0.39 is 43.5 Å². The van der Waals surface area contributed by atoms with Crippen LogP contribution in [0, 0.1) is 0 Å². The van der Waals surface area contributed by atoms with Crippen molar-refractivity contribution in [1.82, 2.24) is 10.3 Å². The Labute approximate surface area is 166 Å². The highest BCUT2D eigenvalue weighted by atomic mass is 19.4. The Morgan fingerprint density at radius 2 is 1.73 bits per heavy atom. The summed E-state index contributed by atoms with van der Waals surface area (Å²) in [6, 6.07) is 6.72. The largest absolute Gasteiger partial charge is 0.573 e. The van der Waals surface area contributed by atoms with Crippen LogP contribution in [0.1, 0.15) is 18.7 Å². The lowest BCUT2D eigenvalue weighted by Gasteiger charge is -2.15. The van der Waals surface area contributed by atoms with Crippen LogP contribution in [-0.2, 0) is 4.79 Å². The minimum absolute atomic E-state index is 0.0103. The molecule has 0 aliphatic heterocycles. The minimum Gasteiger partial charge on any atom is -0.484 e. The van der Waals surface area contributed by atoms with Gasteiger partial charge in [0, 0.05) is 6.07 Å². The number of benzene rings is 1. The van der Waals surface area contributed by atoms with E-state index in [4.69, 9.17) is 4.74 Å². The van der Waals surface area contributed by atoms with Gasteiger partial charge in [-0.05, 0) is 31.2 Å². The molecule has 1 unspecified atom stereocenters. The first-order valence-corrected chi connectivity index (χ1v) is 8.35. The lowest BCUT2D eigenvalue weighted by molar-refractivity contribution is -0.274. The number of nitrogens with zero attached hydrogens (tertiary/aromatic N) is 1. The van der Waals surface area contributed by atoms with Gasteiger partial charge in [0.15, 0.2) is 13.2 Å². The molecule has 0 spiro atoms. The third kappa shape index (κ3) is 8.45. The molecular weight excluding hydrogens is 422 g/mol. The van der Waals surface area contributed by atoms with Gasteiger partial charge in [-0.3, -0.25) is 9.78 Å². The van der Waals surface area contributed by atoms with E-state index in [1.165, 1.54) is 24.3 Å². The first kappa shape index (κ1) is 23.1. The number of carbonyl (C=O) groups excluding carboxylic acids is 1. The van der Waals surface area contributed by atoms with Crippen LogP contribution in [0.25, 0.3) is 0 Å². The SMILES string of the molecule is CC(NC(=O)COc1cccc(OC(F)(F)F)c1)c1ccc(OCC(F)(F)F)cn1. The molecule has 6 nitrogen and oxygen atoms in total. The standard InChI is InChI=1S/C18H16F6N2O4/c1-11(15-6-5-14(8-25-15)29-10-17(19,20)21)26-16(27)9-28-12-3-2-4-13(7-12)30-18(22,23)24/h2-8,11H,9-10H2,1H3,(H,26,27). The molecule has 1 atom stereocenters. The average molecular weight is 438 g/mol. The number of aromatic nitrogens is 1. The zero-order valence-corrected chi connectivity index (χ0v) is 15.4. The number of nitrogens with one attached hydrogen (secondary N) is 1. The quantitative estimate of drug-likeness (QED) is 0.627. The van der Waals surface area contributed by atoms with Gasteiger partial charge >= 0.3 is 12.5 Å². The topological polar surface area (TPSA) is 69.7 Å². The molecule has 1 aromatic carbocycles. The average Bonchev–Trinajstić information content (AvgIpc) is 2.63. The molecule has 0 bridgehead atoms. The second-order valence-electron chi connectivity index (χ2n) is 5.92. The van der Waals surface area contributed by atoms with Gasteiger partial charge in [0.2, 0.25) is 0 Å². The number of amides is 1. The first-order chi connectivity index (χ1) is 13.9. The molecule has 0 saturated carbocycles. The Kier molecular flexibility index (Phi) is 7.35. The summed E-state index contributed by atoms with van der Waals surface area (Å²) in [7, 11) is 0. The van der Waals surface area contributed by atoms with Crippen molar-refractivity contribution in [2.24, 2.45) is 0 Å². The van der Waals surface area contributed by atoms with Crippen LogP contribution in [0.3, 0.4) is 0 Å². The smallest absolute Gasteiger partial charge is 0.484 e. The van der Waals surface area contributed by atoms with E-state index in [1.54, 1.807) is 6.92 Å². The van der Waals surface area contributed by atoms with Gasteiger partial charge in [0.25, 0.3) is 5.91 Å². The number of carbonyl (C=O) groups is 1. The van der Waals surface area contributed by atoms with E-state index in [0.29, 0.717) is 5.69 Å². The van der Waals surface area contributed by atoms with E-state index in [2.05, 4.69) is 19.8 Å². The highest BCUT2D eigenvalue weighted by Crippen LogP contribution is 2.26. The predicted molar refractivity (Wildman–Crippen MR) is 91.0 cm³/mol. The molecule has 1 heterocycles. The highest BCUT2D eigenvalue weighted by molar-refractivity contribution is 5.77. The van der Waals surface area contributed by atoms with Gasteiger partial charge in [-0.25, -0.2) is 0 Å². The summed E-state index contributed by atoms with van der Waals surface area (Å²) in [5, 5.41) is 2.54. The first-order valence-electron chi connectivity index (χ1n) is 8.35. The van der Waals surface area contributed by atoms with Crippen LogP contribution in [0.4, 0.5) is 26.3 Å². The van der Waals surface area contributed by atoms with Gasteiger partial charge in [0.05, 0.1) is 17.9 Å². The lowest BCUT2D eigenvalue weighted by atomic mass is 10.2. The summed E-state index contributed by atoms with van der Waals surface area (Å²) in [5.41, 5.74) is 0.350. The summed E-state index contributed by atoms with van der Waals surface area (Å²) >= 11 is 0. The molecule has 0 fully saturated rings. The van der Waals surface area contributed by atoms with Crippen LogP contribution in [0.2, 0.25) is 0 Å². The van der Waals surface area contributed by atoms with Gasteiger partial charge in [-0.1, -0.05) is 6.07 Å². The van der Waals surface area contributed by atoms with Gasteiger partial charge in [0.1, 0.15) is 17.2 Å². The molecule has 164 valence electrons. The van der Waals surface area contributed by atoms with Gasteiger partial charge < -0.3 is 19.5 Å². The lowest BCUT2D eigenvalue weighted by Crippen LogP contribution is -2.31. The van der Waals surface area contributed by atoms with Crippen molar-refractivity contribution in [3.8, 4) is 17.2 Å². The highest BCUT2D eigenvalue weighted by Gasteiger charge is 2.31. The number of pyridine rings is 1. The minimum atomic E-state index is -4.86. The second-order valence-corrected chi connectivity index (χ2v) is 5.92. The van der Waals surface area contributed by atoms with Crippen LogP contribution in [0.15, 0.2) is 42.6 Å². The fourth-order valence-electron chi connectivity index (χ4n) is 2.17. The summed E-state index contributed by atoms with van der Waals surface area (Å²) in [6.45, 7) is -0.367. The molecule has 0 saturated heterocycles. The molecule has 2 rings (SSSR count). The summed E-state index contributed by atoms with van der Waals surface area (Å²) < 4.78 is 86.5. The van der Waals surface area contributed by atoms with Crippen LogP contribution in [-0.4, -0.2) is 36.6 Å². The molecular formula is C18H16F6N2O4. The third-order valence-electron chi connectivity index (χ3n) is 3.39. The summed E-state index contributed by atoms with van der Waals surface area (Å²) in [6.07, 6.45) is -8.24. The maximum Gasteiger partial charge on any atom is 0.573 e. The zero-order valence-electron chi connectivity index (χ0n) is 15.4. The van der Waals surface area contributed by atoms with Crippen molar-refractivity contribution in [2.45, 2.75) is 25.5 Å². The number of hydrogen-bond acceptors (Lipinski definition) is 5. The fraction of sp³-hybridized carbons (Fsp3) is 0.333. The van der Waals surface area contributed by atoms with E-state index in [-0.39, 0.29) is 11.5 Å². The Morgan fingerprint density at radius 3 is 2.33 bits per heavy atom. The van der Waals surface area contributed by atoms with E-state index in [1.807, 2.05) is 0 Å². The van der Waals surface area contributed by atoms with Gasteiger partial charge in [-0.15, -0.1) is 13.2 Å². The van der Waals surface area contributed by atoms with E-state index >= 15 is 0 Å². The Hall–Kier alpha value is -3.18. The molecule has 0 aliphatic rings. The van der Waals surface area contributed by atoms with Crippen molar-refractivity contribution in [2.75, 3.05) is 13.2 Å². The summed E-state index contributed by atoms with van der Waals surface area (Å²) in [5.74, 6) is -1.18. The van der Waals surface area contributed by atoms with Crippen molar-refractivity contribution >= 4 is 5.91 Å². The van der Waals surface area contributed by atoms with Gasteiger partial charge in [-0.2, -0.15) is 13.2 Å². The van der Waals surface area contributed by atoms with Crippen LogP contribution in [0.5, 0.6) is 17.2 Å². The molecule has 0 radical (unpaired) electrons. The Morgan fingerprint density at radius 1 is 1.03 bits per heavy atom. The molecule has 2 aromatic rings. The number of ether oxygens (including phenoxy) is 3. The normalized spacial score (nSPS) is 12.8. The Balaban J connectivity index is 1.84. The van der Waals surface area contributed by atoms with Crippen molar-refractivity contribution in [1.29, 1.82) is 0 Å². The predicted octanol–water partition coefficient (Wildman–Crippen LogP) is 4.18. The third-order valence-corrected chi connectivity index (χ3v) is 3.39. The molecule has 1 aromatic heterocycles. The number of hydrogen-bond donors (Lipinski definition) is 1. The van der Waals surface area contributed by atoms with Crippen LogP contribution < -0.4 is 19.5 Å². The van der Waals surface area contributed by atoms with E-state index in [0.717, 1.165) is 18.3 Å². The molecule has 12 heteroatoms. The second kappa shape index (κ2) is 9.55. The molecule has 1 N–H and O–H groups in total. The van der Waals surface area contributed by atoms with Crippen molar-refractivity contribution < 1.29 is 45.3 Å². The van der Waals surface area contributed by atoms with Crippen molar-refractivity contribution in [3.05, 3.63) is 48.3 Å². The van der Waals surface area contributed by atoms with Crippen LogP contribution >= 0.6 is 0 Å². The molecule has 0 aliphatic carbocycles. The molecule has 1 amide bonds. The van der Waals surface area contributed by atoms with E-state index in [9.17, 15) is 31.1 Å². The summed E-state index contributed by atoms with van der Waals surface area (Å²) in [4.78, 5) is 15.9. The molecule has 30 heavy (non-hydrogen) atoms.